The van der Waals surface area contributed by atoms with E-state index in [-0.39, 0.29) is 5.81 Å². The Kier molecular flexibility index (Phi) is 3.12. The number of hydrogen-bond donors (Lipinski definition) is 0. The van der Waals surface area contributed by atoms with Crippen LogP contribution in [0.1, 0.15) is 16.7 Å². The Morgan fingerprint density at radius 2 is 1.47 bits per heavy atom. The quantitative estimate of drug-likeness (QED) is 0.657. The highest BCUT2D eigenvalue weighted by Gasteiger charge is 2.19. The van der Waals surface area contributed by atoms with Crippen molar-refractivity contribution < 1.29 is 4.79 Å². The predicted octanol–water partition coefficient (Wildman–Crippen LogP) is 2.54. The minimum atomic E-state index is 0.101. The fourth-order valence-electron chi connectivity index (χ4n) is 2.75. The van der Waals surface area contributed by atoms with Crippen LogP contribution in [0.15, 0.2) is 48.5 Å². The van der Waals surface area contributed by atoms with Gasteiger partial charge in [0.15, 0.2) is 5.81 Å². The van der Waals surface area contributed by atoms with Gasteiger partial charge in [-0.05, 0) is 35.6 Å². The first-order valence-electron chi connectivity index (χ1n) is 6.68. The molecule has 2 nitrogen and oxygen atoms in total. The standard InChI is InChI=1S/C16H16BNO/c17-16(19)18-11-14-7-2-1-5-12(14)9-10-13-6-3-4-8-15(13)18/h1-8H,9-11,17H2. The number of hydrogen-bond acceptors (Lipinski definition) is 1. The first-order chi connectivity index (χ1) is 9.25. The highest BCUT2D eigenvalue weighted by molar-refractivity contribution is 6.60. The van der Waals surface area contributed by atoms with Crippen LogP contribution in [0.4, 0.5) is 10.5 Å². The van der Waals surface area contributed by atoms with E-state index in [9.17, 15) is 4.79 Å². The van der Waals surface area contributed by atoms with Gasteiger partial charge in [0.2, 0.25) is 7.85 Å². The van der Waals surface area contributed by atoms with E-state index in [1.54, 1.807) is 7.85 Å². The molecule has 0 saturated carbocycles. The van der Waals surface area contributed by atoms with Crippen molar-refractivity contribution in [3.8, 4) is 0 Å². The summed E-state index contributed by atoms with van der Waals surface area (Å²) >= 11 is 0. The van der Waals surface area contributed by atoms with Crippen LogP contribution >= 0.6 is 0 Å². The predicted molar refractivity (Wildman–Crippen MR) is 80.4 cm³/mol. The van der Waals surface area contributed by atoms with Crippen molar-refractivity contribution in [1.82, 2.24) is 0 Å². The molecule has 3 rings (SSSR count). The summed E-state index contributed by atoms with van der Waals surface area (Å²) in [6.07, 6.45) is 2.02. The smallest absolute Gasteiger partial charge is 0.216 e. The Balaban J connectivity index is 2.09. The Morgan fingerprint density at radius 1 is 0.895 bits per heavy atom. The van der Waals surface area contributed by atoms with E-state index in [0.717, 1.165) is 18.5 Å². The number of anilines is 1. The molecule has 0 aliphatic carbocycles. The number of rotatable bonds is 0. The van der Waals surface area contributed by atoms with E-state index in [0.29, 0.717) is 6.54 Å². The second-order valence-electron chi connectivity index (χ2n) is 5.00. The lowest BCUT2D eigenvalue weighted by Crippen LogP contribution is -2.31. The lowest BCUT2D eigenvalue weighted by molar-refractivity contribution is 0.263. The maximum Gasteiger partial charge on any atom is 0.216 e. The van der Waals surface area contributed by atoms with Gasteiger partial charge in [-0.2, -0.15) is 0 Å². The number of aryl methyl sites for hydroxylation is 2. The monoisotopic (exact) mass is 249 g/mol. The van der Waals surface area contributed by atoms with Crippen LogP contribution in [0, 0.1) is 0 Å². The SMILES string of the molecule is BC(=O)N1Cc2ccccc2CCc2ccccc21. The molecule has 1 heterocycles. The third kappa shape index (κ3) is 2.28. The first kappa shape index (κ1) is 12.0. The van der Waals surface area contributed by atoms with E-state index >= 15 is 0 Å². The average molecular weight is 249 g/mol. The summed E-state index contributed by atoms with van der Waals surface area (Å²) in [5.41, 5.74) is 4.92. The molecule has 0 bridgehead atoms. The molecule has 1 aliphatic rings. The van der Waals surface area contributed by atoms with Crippen LogP contribution in [0.5, 0.6) is 0 Å². The van der Waals surface area contributed by atoms with Crippen molar-refractivity contribution in [1.29, 1.82) is 0 Å². The molecule has 1 amide bonds. The van der Waals surface area contributed by atoms with Crippen molar-refractivity contribution in [3.63, 3.8) is 0 Å². The molecule has 0 unspecified atom stereocenters. The number of para-hydroxylation sites is 1. The van der Waals surface area contributed by atoms with Crippen LogP contribution in [0.25, 0.3) is 0 Å². The molecule has 0 atom stereocenters. The van der Waals surface area contributed by atoms with Gasteiger partial charge in [0.05, 0.1) is 6.54 Å². The Bertz CT molecular complexity index is 624. The van der Waals surface area contributed by atoms with Crippen LogP contribution in [-0.4, -0.2) is 13.7 Å². The fraction of sp³-hybridized carbons (Fsp3) is 0.188. The Hall–Kier alpha value is -2.03. The van der Waals surface area contributed by atoms with Crippen LogP contribution < -0.4 is 4.90 Å². The van der Waals surface area contributed by atoms with Gasteiger partial charge in [-0.1, -0.05) is 42.5 Å². The van der Waals surface area contributed by atoms with Crippen molar-refractivity contribution >= 4 is 19.3 Å². The molecule has 2 aromatic carbocycles. The number of fused-ring (bicyclic) bond motifs is 2. The number of amides is 1. The first-order valence-corrected chi connectivity index (χ1v) is 6.68. The normalized spacial score (nSPS) is 14.0. The topological polar surface area (TPSA) is 20.3 Å². The molecule has 0 radical (unpaired) electrons. The van der Waals surface area contributed by atoms with Gasteiger partial charge in [0.1, 0.15) is 0 Å². The van der Waals surface area contributed by atoms with E-state index in [1.807, 2.05) is 29.2 Å². The average Bonchev–Trinajstić information content (AvgIpc) is 2.41. The lowest BCUT2D eigenvalue weighted by Gasteiger charge is -2.28. The summed E-state index contributed by atoms with van der Waals surface area (Å²) in [7, 11) is 1.64. The van der Waals surface area contributed by atoms with Gasteiger partial charge in [-0.15, -0.1) is 0 Å². The van der Waals surface area contributed by atoms with Crippen molar-refractivity contribution in [2.75, 3.05) is 4.90 Å². The molecule has 3 heteroatoms. The van der Waals surface area contributed by atoms with Gasteiger partial charge < -0.3 is 4.90 Å². The van der Waals surface area contributed by atoms with Gasteiger partial charge in [-0.25, -0.2) is 0 Å². The number of nitrogens with zero attached hydrogens (tertiary/aromatic N) is 1. The third-order valence-electron chi connectivity index (χ3n) is 3.77. The van der Waals surface area contributed by atoms with Gasteiger partial charge >= 0.3 is 0 Å². The van der Waals surface area contributed by atoms with E-state index in [2.05, 4.69) is 24.3 Å². The molecule has 0 aromatic heterocycles. The molecule has 94 valence electrons. The van der Waals surface area contributed by atoms with Gasteiger partial charge in [-0.3, -0.25) is 4.79 Å². The maximum atomic E-state index is 12.0. The van der Waals surface area contributed by atoms with E-state index in [4.69, 9.17) is 0 Å². The highest BCUT2D eigenvalue weighted by atomic mass is 16.1. The summed E-state index contributed by atoms with van der Waals surface area (Å²) in [6, 6.07) is 16.6. The largest absolute Gasteiger partial charge is 0.317 e. The third-order valence-corrected chi connectivity index (χ3v) is 3.77. The second kappa shape index (κ2) is 4.92. The molecule has 2 aromatic rings. The summed E-state index contributed by atoms with van der Waals surface area (Å²) < 4.78 is 0. The second-order valence-corrected chi connectivity index (χ2v) is 5.00. The zero-order valence-electron chi connectivity index (χ0n) is 11.1. The van der Waals surface area contributed by atoms with Crippen LogP contribution in [0.3, 0.4) is 0 Å². The molecule has 0 saturated heterocycles. The van der Waals surface area contributed by atoms with E-state index < -0.39 is 0 Å². The Labute approximate surface area is 114 Å². The van der Waals surface area contributed by atoms with Gasteiger partial charge in [0.25, 0.3) is 0 Å². The van der Waals surface area contributed by atoms with Crippen LogP contribution in [-0.2, 0) is 19.4 Å². The highest BCUT2D eigenvalue weighted by Crippen LogP contribution is 2.28. The number of carbonyl (C=O) groups excluding carboxylic acids is 1. The van der Waals surface area contributed by atoms with E-state index in [1.165, 1.54) is 16.7 Å². The molecular weight excluding hydrogens is 233 g/mol. The Morgan fingerprint density at radius 3 is 2.21 bits per heavy atom. The minimum Gasteiger partial charge on any atom is -0.317 e. The molecule has 0 spiro atoms. The summed E-state index contributed by atoms with van der Waals surface area (Å²) in [5, 5.41) is 0. The fourth-order valence-corrected chi connectivity index (χ4v) is 2.75. The zero-order valence-corrected chi connectivity index (χ0v) is 11.1. The summed E-state index contributed by atoms with van der Waals surface area (Å²) in [4.78, 5) is 13.8. The lowest BCUT2D eigenvalue weighted by atomic mass is 9.94. The number of carbonyl (C=O) groups is 1. The molecule has 0 fully saturated rings. The zero-order chi connectivity index (χ0) is 13.2. The van der Waals surface area contributed by atoms with Gasteiger partial charge in [0, 0.05) is 5.69 Å². The van der Waals surface area contributed by atoms with Crippen molar-refractivity contribution in [2.45, 2.75) is 19.4 Å². The summed E-state index contributed by atoms with van der Waals surface area (Å²) in [6.45, 7) is 0.669. The number of benzene rings is 2. The molecule has 19 heavy (non-hydrogen) atoms. The van der Waals surface area contributed by atoms with Crippen LogP contribution in [0.2, 0.25) is 0 Å². The summed E-state index contributed by atoms with van der Waals surface area (Å²) in [5.74, 6) is 0.101. The molecule has 0 N–H and O–H groups in total. The molecular formula is C16H16BNO. The van der Waals surface area contributed by atoms with Crippen molar-refractivity contribution in [3.05, 3.63) is 65.2 Å². The van der Waals surface area contributed by atoms with Crippen molar-refractivity contribution in [2.24, 2.45) is 0 Å². The minimum absolute atomic E-state index is 0.101. The maximum absolute atomic E-state index is 12.0. The molecule has 1 aliphatic heterocycles.